The summed E-state index contributed by atoms with van der Waals surface area (Å²) in [5.41, 5.74) is 8.27. The summed E-state index contributed by atoms with van der Waals surface area (Å²) in [6, 6.07) is 9.42. The molecule has 2 N–H and O–H groups in total. The van der Waals surface area contributed by atoms with Gasteiger partial charge in [-0.15, -0.1) is 0 Å². The number of aryl methyl sites for hydroxylation is 2. The number of unbranched alkanes of at least 4 members (excludes halogenated alkanes) is 1. The van der Waals surface area contributed by atoms with Gasteiger partial charge >= 0.3 is 0 Å². The highest BCUT2D eigenvalue weighted by Crippen LogP contribution is 2.20. The van der Waals surface area contributed by atoms with Crippen molar-refractivity contribution in [2.24, 2.45) is 5.73 Å². The lowest BCUT2D eigenvalue weighted by atomic mass is 10.1. The van der Waals surface area contributed by atoms with Crippen LogP contribution in [0.2, 0.25) is 0 Å². The molecule has 0 aliphatic carbocycles. The van der Waals surface area contributed by atoms with Crippen LogP contribution >= 0.6 is 0 Å². The fraction of sp³-hybridized carbons (Fsp3) is 0.368. The first-order valence-corrected chi connectivity index (χ1v) is 8.24. The van der Waals surface area contributed by atoms with Crippen LogP contribution in [0.5, 0.6) is 0 Å². The lowest BCUT2D eigenvalue weighted by Crippen LogP contribution is -2.14. The first-order valence-electron chi connectivity index (χ1n) is 8.24. The topological polar surface area (TPSA) is 60.9 Å². The zero-order chi connectivity index (χ0) is 18.4. The Balaban J connectivity index is 2.06. The third kappa shape index (κ3) is 6.14. The van der Waals surface area contributed by atoms with Crippen LogP contribution in [0, 0.1) is 6.92 Å². The highest BCUT2D eigenvalue weighted by molar-refractivity contribution is 6.22. The van der Waals surface area contributed by atoms with Crippen LogP contribution in [0.15, 0.2) is 36.5 Å². The van der Waals surface area contributed by atoms with E-state index >= 15 is 0 Å². The molecule has 0 radical (unpaired) electrons. The van der Waals surface area contributed by atoms with E-state index in [0.717, 1.165) is 18.1 Å². The molecule has 0 unspecified atom stereocenters. The maximum Gasteiger partial charge on any atom is 0.250 e. The lowest BCUT2D eigenvalue weighted by molar-refractivity contribution is -0.112. The van der Waals surface area contributed by atoms with Crippen molar-refractivity contribution in [3.63, 3.8) is 0 Å². The predicted octanol–water partition coefficient (Wildman–Crippen LogP) is 4.04. The molecule has 6 heteroatoms. The Labute approximate surface area is 146 Å². The molecule has 0 spiro atoms. The van der Waals surface area contributed by atoms with Gasteiger partial charge in [0, 0.05) is 19.2 Å². The minimum absolute atomic E-state index is 0.138. The van der Waals surface area contributed by atoms with Gasteiger partial charge in [0.1, 0.15) is 0 Å². The largest absolute Gasteiger partial charge is 0.366 e. The number of hydrogen-bond acceptors (Lipinski definition) is 2. The van der Waals surface area contributed by atoms with E-state index in [4.69, 9.17) is 5.73 Å². The second-order valence-electron chi connectivity index (χ2n) is 6.32. The highest BCUT2D eigenvalue weighted by Gasteiger charge is 2.19. The molecule has 0 bridgehead atoms. The quantitative estimate of drug-likeness (QED) is 0.578. The van der Waals surface area contributed by atoms with Crippen molar-refractivity contribution in [1.82, 2.24) is 9.78 Å². The number of alkyl halides is 2. The summed E-state index contributed by atoms with van der Waals surface area (Å²) in [7, 11) is 0. The molecule has 1 aromatic heterocycles. The molecule has 0 atom stereocenters. The van der Waals surface area contributed by atoms with E-state index in [1.54, 1.807) is 23.0 Å². The fourth-order valence-corrected chi connectivity index (χ4v) is 2.44. The average molecular weight is 347 g/mol. The molecule has 0 saturated carbocycles. The monoisotopic (exact) mass is 347 g/mol. The van der Waals surface area contributed by atoms with Gasteiger partial charge in [0.15, 0.2) is 0 Å². The van der Waals surface area contributed by atoms with E-state index in [1.807, 2.05) is 31.2 Å². The van der Waals surface area contributed by atoms with Gasteiger partial charge in [0.05, 0.1) is 11.3 Å². The smallest absolute Gasteiger partial charge is 0.250 e. The molecule has 1 aromatic carbocycles. The van der Waals surface area contributed by atoms with Gasteiger partial charge in [-0.25, -0.2) is 8.78 Å². The van der Waals surface area contributed by atoms with Gasteiger partial charge in [-0.2, -0.15) is 5.10 Å². The Hall–Kier alpha value is -2.50. The maximum absolute atomic E-state index is 12.8. The standard InChI is InChI=1S/C19H23F2N3O/c1-14-5-7-15(8-6-14)13-16(18(22)25)17-9-12-24(23-17)11-4-3-10-19(2,20)21/h5-9,12-13H,3-4,10-11H2,1-2H3,(H2,22,25)/b16-13-. The summed E-state index contributed by atoms with van der Waals surface area (Å²) in [6.07, 6.45) is 4.30. The van der Waals surface area contributed by atoms with E-state index in [9.17, 15) is 13.6 Å². The van der Waals surface area contributed by atoms with E-state index in [-0.39, 0.29) is 6.42 Å². The molecule has 1 heterocycles. The van der Waals surface area contributed by atoms with E-state index in [2.05, 4.69) is 5.10 Å². The average Bonchev–Trinajstić information content (AvgIpc) is 2.98. The first-order chi connectivity index (χ1) is 11.7. The van der Waals surface area contributed by atoms with E-state index in [0.29, 0.717) is 30.7 Å². The fourth-order valence-electron chi connectivity index (χ4n) is 2.44. The molecule has 25 heavy (non-hydrogen) atoms. The number of amides is 1. The van der Waals surface area contributed by atoms with Crippen LogP contribution in [-0.2, 0) is 11.3 Å². The van der Waals surface area contributed by atoms with Crippen molar-refractivity contribution in [2.75, 3.05) is 0 Å². The van der Waals surface area contributed by atoms with Crippen molar-refractivity contribution < 1.29 is 13.6 Å². The van der Waals surface area contributed by atoms with Crippen molar-refractivity contribution >= 4 is 17.6 Å². The van der Waals surface area contributed by atoms with Crippen LogP contribution in [0.3, 0.4) is 0 Å². The molecule has 1 amide bonds. The van der Waals surface area contributed by atoms with Gasteiger partial charge < -0.3 is 5.73 Å². The number of rotatable bonds is 8. The number of nitrogens with two attached hydrogens (primary N) is 1. The van der Waals surface area contributed by atoms with Crippen LogP contribution in [0.25, 0.3) is 11.6 Å². The summed E-state index contributed by atoms with van der Waals surface area (Å²) in [4.78, 5) is 11.8. The van der Waals surface area contributed by atoms with Gasteiger partial charge in [0.25, 0.3) is 5.91 Å². The molecule has 0 saturated heterocycles. The number of halogens is 2. The molecule has 134 valence electrons. The van der Waals surface area contributed by atoms with E-state index in [1.165, 1.54) is 0 Å². The first kappa shape index (κ1) is 18.8. The van der Waals surface area contributed by atoms with Gasteiger partial charge in [-0.3, -0.25) is 9.48 Å². The Morgan fingerprint density at radius 3 is 2.52 bits per heavy atom. The van der Waals surface area contributed by atoms with Crippen molar-refractivity contribution in [1.29, 1.82) is 0 Å². The SMILES string of the molecule is Cc1ccc(/C=C(\C(N)=O)c2ccn(CCCCC(C)(F)F)n2)cc1. The summed E-state index contributed by atoms with van der Waals surface area (Å²) in [6.45, 7) is 3.43. The molecule has 2 aromatic rings. The van der Waals surface area contributed by atoms with Crippen LogP contribution in [0.4, 0.5) is 8.78 Å². The lowest BCUT2D eigenvalue weighted by Gasteiger charge is -2.09. The van der Waals surface area contributed by atoms with Crippen molar-refractivity contribution in [3.05, 3.63) is 53.3 Å². The minimum Gasteiger partial charge on any atom is -0.366 e. The molecule has 0 fully saturated rings. The number of hydrogen-bond donors (Lipinski definition) is 1. The van der Waals surface area contributed by atoms with Gasteiger partial charge in [-0.05, 0) is 44.4 Å². The number of carbonyl (C=O) groups excluding carboxylic acids is 1. The third-order valence-electron chi connectivity index (χ3n) is 3.82. The summed E-state index contributed by atoms with van der Waals surface area (Å²) in [5.74, 6) is -3.19. The summed E-state index contributed by atoms with van der Waals surface area (Å²) >= 11 is 0. The number of primary amides is 1. The number of aromatic nitrogens is 2. The summed E-state index contributed by atoms with van der Waals surface area (Å²) in [5, 5.41) is 4.34. The van der Waals surface area contributed by atoms with Gasteiger partial charge in [0.2, 0.25) is 5.92 Å². The minimum atomic E-state index is -2.63. The van der Waals surface area contributed by atoms with Gasteiger partial charge in [-0.1, -0.05) is 29.8 Å². The third-order valence-corrected chi connectivity index (χ3v) is 3.82. The predicted molar refractivity (Wildman–Crippen MR) is 94.9 cm³/mol. The van der Waals surface area contributed by atoms with Crippen LogP contribution < -0.4 is 5.73 Å². The Kier molecular flexibility index (Phi) is 6.07. The molecule has 2 rings (SSSR count). The van der Waals surface area contributed by atoms with Crippen molar-refractivity contribution in [2.45, 2.75) is 45.6 Å². The zero-order valence-corrected chi connectivity index (χ0v) is 14.5. The molecule has 4 nitrogen and oxygen atoms in total. The number of benzene rings is 1. The normalized spacial score (nSPS) is 12.4. The summed E-state index contributed by atoms with van der Waals surface area (Å²) < 4.78 is 27.2. The van der Waals surface area contributed by atoms with Crippen LogP contribution in [-0.4, -0.2) is 21.6 Å². The second-order valence-corrected chi connectivity index (χ2v) is 6.32. The van der Waals surface area contributed by atoms with Crippen molar-refractivity contribution in [3.8, 4) is 0 Å². The zero-order valence-electron chi connectivity index (χ0n) is 14.5. The molecule has 0 aliphatic rings. The number of nitrogens with zero attached hydrogens (tertiary/aromatic N) is 2. The molecular formula is C19H23F2N3O. The maximum atomic E-state index is 12.8. The van der Waals surface area contributed by atoms with E-state index < -0.39 is 11.8 Å². The molecule has 0 aliphatic heterocycles. The second kappa shape index (κ2) is 8.05. The van der Waals surface area contributed by atoms with Crippen LogP contribution in [0.1, 0.15) is 43.0 Å². The molecular weight excluding hydrogens is 324 g/mol. The highest BCUT2D eigenvalue weighted by atomic mass is 19.3. The Bertz CT molecular complexity index is 743. The number of carbonyl (C=O) groups is 1. The Morgan fingerprint density at radius 2 is 1.92 bits per heavy atom. The Morgan fingerprint density at radius 1 is 1.24 bits per heavy atom.